The number of aliphatic hydroxyl groups is 1. The number of hydrogen-bond donors (Lipinski definition) is 1. The van der Waals surface area contributed by atoms with Gasteiger partial charge in [0, 0.05) is 0 Å². The van der Waals surface area contributed by atoms with Gasteiger partial charge in [0.25, 0.3) is 0 Å². The Kier molecular flexibility index (Phi) is 14.1. The van der Waals surface area contributed by atoms with Gasteiger partial charge in [0.05, 0.1) is 0 Å². The van der Waals surface area contributed by atoms with Crippen LogP contribution in [0.2, 0.25) is 13.3 Å². The van der Waals surface area contributed by atoms with Crippen LogP contribution in [0.5, 0.6) is 0 Å². The second-order valence-corrected chi connectivity index (χ2v) is 24.5. The Morgan fingerprint density at radius 3 is 1.58 bits per heavy atom. The van der Waals surface area contributed by atoms with Crippen LogP contribution in [-0.2, 0) is 32.2 Å². The van der Waals surface area contributed by atoms with Gasteiger partial charge in [-0.1, -0.05) is 0 Å². The Balaban J connectivity index is 1.93. The maximum atomic E-state index is 12.1. The number of aliphatic hydroxyl groups excluding tert-OH is 1. The van der Waals surface area contributed by atoms with E-state index < -0.39 is 43.0 Å². The van der Waals surface area contributed by atoms with Gasteiger partial charge < -0.3 is 0 Å². The average Bonchev–Trinajstić information content (AvgIpc) is 2.96. The quantitative estimate of drug-likeness (QED) is 0.186. The van der Waals surface area contributed by atoms with Crippen molar-refractivity contribution in [2.45, 2.75) is 115 Å². The summed E-state index contributed by atoms with van der Waals surface area (Å²) in [7, 11) is 1.69. The van der Waals surface area contributed by atoms with E-state index >= 15 is 0 Å². The molecule has 1 heterocycles. The number of hydrogen-bond acceptors (Lipinski definition) is 5. The Labute approximate surface area is 235 Å². The minimum absolute atomic E-state index is 0.170. The van der Waals surface area contributed by atoms with Gasteiger partial charge >= 0.3 is 236 Å². The van der Waals surface area contributed by atoms with Crippen molar-refractivity contribution in [2.24, 2.45) is 0 Å². The zero-order valence-corrected chi connectivity index (χ0v) is 26.9. The molecule has 3 rings (SSSR count). The molecule has 1 N–H and O–H groups in total. The number of rotatable bonds is 17. The Hall–Kier alpha value is -0.961. The molecule has 5 atom stereocenters. The second kappa shape index (κ2) is 17.0. The fourth-order valence-corrected chi connectivity index (χ4v) is 23.3. The molecule has 1 aliphatic rings. The van der Waals surface area contributed by atoms with Gasteiger partial charge in [-0.15, -0.1) is 0 Å². The molecule has 0 radical (unpaired) electrons. The van der Waals surface area contributed by atoms with E-state index in [0.717, 1.165) is 11.1 Å². The van der Waals surface area contributed by atoms with Crippen molar-refractivity contribution < 1.29 is 24.1 Å². The fourth-order valence-electron chi connectivity index (χ4n) is 5.81. The molecule has 0 aromatic heterocycles. The summed E-state index contributed by atoms with van der Waals surface area (Å²) < 4.78 is 29.3. The topological polar surface area (TPSA) is 57.2 Å². The average molecular weight is 633 g/mol. The summed E-state index contributed by atoms with van der Waals surface area (Å²) >= 11 is -3.01. The van der Waals surface area contributed by atoms with Crippen LogP contribution in [-0.4, -0.2) is 59.3 Å². The molecule has 1 fully saturated rings. The van der Waals surface area contributed by atoms with Crippen molar-refractivity contribution in [3.8, 4) is 0 Å². The Morgan fingerprint density at radius 2 is 1.16 bits per heavy atom. The van der Waals surface area contributed by atoms with Gasteiger partial charge in [0.15, 0.2) is 0 Å². The summed E-state index contributed by atoms with van der Waals surface area (Å²) in [4.78, 5) is 0. The summed E-state index contributed by atoms with van der Waals surface area (Å²) in [5.74, 6) is 0. The molecule has 2 aromatic carbocycles. The van der Waals surface area contributed by atoms with Crippen molar-refractivity contribution in [2.75, 3.05) is 7.11 Å². The molecule has 38 heavy (non-hydrogen) atoms. The standard InChI is InChI=1S/C20H23O5.3C4H9.Sn/c1-22-20-19(24-13-16-10-6-3-7-11-16)18(17(21)14-25-20)23-12-15-8-4-2-5-9-15;3*1-3-4-2;/h2-11,14,17-21H,12-13H2,1H3;3*1,3-4H2,2H3;/t17-,18+,19-,20+;;;;/m1..../s1. The molecule has 0 bridgehead atoms. The maximum absolute atomic E-state index is 12.1. The molecule has 0 saturated carbocycles. The summed E-state index contributed by atoms with van der Waals surface area (Å²) in [6, 6.07) is 20.3. The number of benzene rings is 2. The molecule has 5 nitrogen and oxygen atoms in total. The van der Waals surface area contributed by atoms with Crippen LogP contribution in [0.1, 0.15) is 70.4 Å². The Morgan fingerprint density at radius 1 is 0.711 bits per heavy atom. The van der Waals surface area contributed by atoms with Crippen LogP contribution < -0.4 is 0 Å². The zero-order valence-electron chi connectivity index (χ0n) is 24.0. The van der Waals surface area contributed by atoms with Crippen molar-refractivity contribution >= 4 is 18.4 Å². The number of ether oxygens (including phenoxy) is 4. The first-order valence-corrected chi connectivity index (χ1v) is 22.5. The predicted molar refractivity (Wildman–Crippen MR) is 157 cm³/mol. The summed E-state index contributed by atoms with van der Waals surface area (Å²) in [5.41, 5.74) is 2.15. The number of methoxy groups -OCH3 is 1. The summed E-state index contributed by atoms with van der Waals surface area (Å²) in [6.07, 6.45) is 4.77. The molecule has 2 aromatic rings. The third kappa shape index (κ3) is 8.77. The predicted octanol–water partition coefficient (Wildman–Crippen LogP) is 7.28. The molecular weight excluding hydrogens is 583 g/mol. The van der Waals surface area contributed by atoms with Crippen LogP contribution in [0, 0.1) is 0 Å². The molecule has 212 valence electrons. The summed E-state index contributed by atoms with van der Waals surface area (Å²) in [5, 5.41) is 12.1. The normalized spacial score (nSPS) is 24.0. The van der Waals surface area contributed by atoms with Crippen LogP contribution >= 0.6 is 0 Å². The summed E-state index contributed by atoms with van der Waals surface area (Å²) in [6.45, 7) is 7.63. The SMILES string of the molecule is CCC[CH2][Sn]([CH2]CCC)([CH2]CCC)[C@H]1O[C@H](OC)[C@H](OCc2ccccc2)[C@@H](OCc2ccccc2)[C@@H]1O. The van der Waals surface area contributed by atoms with E-state index in [2.05, 4.69) is 32.9 Å². The third-order valence-corrected chi connectivity index (χ3v) is 24.4. The van der Waals surface area contributed by atoms with E-state index in [1.807, 2.05) is 48.5 Å². The van der Waals surface area contributed by atoms with Gasteiger partial charge in [0.1, 0.15) is 0 Å². The molecule has 0 unspecified atom stereocenters. The second-order valence-electron chi connectivity index (χ2n) is 10.8. The number of unbranched alkanes of at least 4 members (excludes halogenated alkanes) is 3. The van der Waals surface area contributed by atoms with Gasteiger partial charge in [0.2, 0.25) is 0 Å². The van der Waals surface area contributed by atoms with Gasteiger partial charge in [-0.2, -0.15) is 0 Å². The first kappa shape index (κ1) is 31.6. The van der Waals surface area contributed by atoms with Crippen LogP contribution in [0.15, 0.2) is 60.7 Å². The van der Waals surface area contributed by atoms with Crippen LogP contribution in [0.4, 0.5) is 0 Å². The van der Waals surface area contributed by atoms with Crippen LogP contribution in [0.25, 0.3) is 0 Å². The molecule has 1 saturated heterocycles. The monoisotopic (exact) mass is 634 g/mol. The van der Waals surface area contributed by atoms with Crippen molar-refractivity contribution in [1.82, 2.24) is 0 Å². The van der Waals surface area contributed by atoms with Gasteiger partial charge in [-0.3, -0.25) is 0 Å². The van der Waals surface area contributed by atoms with E-state index in [1.54, 1.807) is 7.11 Å². The van der Waals surface area contributed by atoms with Crippen molar-refractivity contribution in [3.63, 3.8) is 0 Å². The molecule has 0 spiro atoms. The van der Waals surface area contributed by atoms with E-state index in [0.29, 0.717) is 13.2 Å². The molecular formula is C32H50O5Sn. The zero-order chi connectivity index (χ0) is 27.2. The van der Waals surface area contributed by atoms with E-state index in [4.69, 9.17) is 18.9 Å². The first-order valence-electron chi connectivity index (χ1n) is 14.8. The van der Waals surface area contributed by atoms with Gasteiger partial charge in [-0.25, -0.2) is 0 Å². The van der Waals surface area contributed by atoms with E-state index in [9.17, 15) is 5.11 Å². The Bertz CT molecular complexity index is 858. The molecule has 1 aliphatic heterocycles. The van der Waals surface area contributed by atoms with E-state index in [-0.39, 0.29) is 4.12 Å². The minimum atomic E-state index is -3.01. The molecule has 0 aliphatic carbocycles. The molecule has 0 amide bonds. The first-order chi connectivity index (χ1) is 18.6. The third-order valence-electron chi connectivity index (χ3n) is 8.01. The fraction of sp³-hybridized carbons (Fsp3) is 0.625. The van der Waals surface area contributed by atoms with Gasteiger partial charge in [-0.05, 0) is 0 Å². The van der Waals surface area contributed by atoms with Crippen molar-refractivity contribution in [1.29, 1.82) is 0 Å². The van der Waals surface area contributed by atoms with Crippen LogP contribution in [0.3, 0.4) is 0 Å². The van der Waals surface area contributed by atoms with Crippen molar-refractivity contribution in [3.05, 3.63) is 71.8 Å². The van der Waals surface area contributed by atoms with E-state index in [1.165, 1.54) is 51.8 Å². The molecule has 6 heteroatoms.